The molecular weight excluding hydrogens is 346 g/mol. The average Bonchev–Trinajstić information content (AvgIpc) is 2.98. The molecule has 1 aromatic rings. The van der Waals surface area contributed by atoms with Crippen LogP contribution in [0, 0.1) is 0 Å². The van der Waals surface area contributed by atoms with Gasteiger partial charge in [0.05, 0.1) is 17.5 Å². The molecule has 0 bridgehead atoms. The fourth-order valence-corrected chi connectivity index (χ4v) is 6.89. The molecule has 2 saturated heterocycles. The third-order valence-electron chi connectivity index (χ3n) is 4.23. The van der Waals surface area contributed by atoms with Crippen LogP contribution in [0.3, 0.4) is 0 Å². The number of sulfone groups is 1. The molecule has 2 fully saturated rings. The number of nitrogens with zero attached hydrogens (tertiary/aromatic N) is 3. The first-order valence-electron chi connectivity index (χ1n) is 7.86. The Labute approximate surface area is 146 Å². The topological polar surface area (TPSA) is 70.0 Å². The molecule has 3 rings (SSSR count). The second-order valence-corrected chi connectivity index (χ2v) is 9.58. The fourth-order valence-electron chi connectivity index (χ4n) is 2.96. The fraction of sp³-hybridized carbons (Fsp3) is 0.500. The number of rotatable bonds is 3. The van der Waals surface area contributed by atoms with E-state index in [4.69, 9.17) is 0 Å². The molecule has 0 unspecified atom stereocenters. The van der Waals surface area contributed by atoms with Gasteiger partial charge in [0, 0.05) is 37.1 Å². The van der Waals surface area contributed by atoms with E-state index in [-0.39, 0.29) is 28.7 Å². The van der Waals surface area contributed by atoms with Crippen LogP contribution in [0.2, 0.25) is 0 Å². The molecule has 6 nitrogen and oxygen atoms in total. The predicted octanol–water partition coefficient (Wildman–Crippen LogP) is 1.76. The maximum atomic E-state index is 12.0. The summed E-state index contributed by atoms with van der Waals surface area (Å²) in [6.45, 7) is 1.77. The van der Waals surface area contributed by atoms with Crippen molar-refractivity contribution in [1.29, 1.82) is 0 Å². The summed E-state index contributed by atoms with van der Waals surface area (Å²) in [7, 11) is 0.895. The monoisotopic (exact) mass is 367 g/mol. The summed E-state index contributed by atoms with van der Waals surface area (Å²) in [5.74, 6) is 0.0724. The van der Waals surface area contributed by atoms with Crippen LogP contribution in [0.4, 0.5) is 11.4 Å². The number of hydrogen-bond donors (Lipinski definition) is 0. The summed E-state index contributed by atoms with van der Waals surface area (Å²) < 4.78 is 24.0. The molecule has 2 heterocycles. The van der Waals surface area contributed by atoms with Gasteiger partial charge in [0.2, 0.25) is 5.91 Å². The highest BCUT2D eigenvalue weighted by Gasteiger charge is 2.49. The van der Waals surface area contributed by atoms with Gasteiger partial charge in [-0.1, -0.05) is 18.7 Å². The Morgan fingerprint density at radius 1 is 1.29 bits per heavy atom. The number of benzene rings is 1. The number of amidine groups is 1. The molecule has 0 spiro atoms. The van der Waals surface area contributed by atoms with Crippen molar-refractivity contribution in [2.45, 2.75) is 24.6 Å². The Bertz CT molecular complexity index is 772. The summed E-state index contributed by atoms with van der Waals surface area (Å²) >= 11 is 1.41. The van der Waals surface area contributed by atoms with Gasteiger partial charge < -0.3 is 9.80 Å². The van der Waals surface area contributed by atoms with Crippen LogP contribution in [-0.4, -0.2) is 56.4 Å². The zero-order valence-corrected chi connectivity index (χ0v) is 15.6. The molecule has 2 aliphatic heterocycles. The van der Waals surface area contributed by atoms with Crippen molar-refractivity contribution in [2.24, 2.45) is 4.99 Å². The molecule has 130 valence electrons. The zero-order valence-electron chi connectivity index (χ0n) is 14.0. The van der Waals surface area contributed by atoms with Gasteiger partial charge in [-0.15, -0.1) is 0 Å². The second-order valence-electron chi connectivity index (χ2n) is 6.22. The molecule has 2 aliphatic rings. The third kappa shape index (κ3) is 3.30. The van der Waals surface area contributed by atoms with Crippen molar-refractivity contribution in [2.75, 3.05) is 35.4 Å². The number of carbonyl (C=O) groups excluding carboxylic acids is 1. The maximum absolute atomic E-state index is 12.0. The van der Waals surface area contributed by atoms with E-state index in [0.717, 1.165) is 11.4 Å². The summed E-state index contributed by atoms with van der Waals surface area (Å²) in [5.41, 5.74) is 1.93. The number of fused-ring (bicyclic) bond motifs is 1. The van der Waals surface area contributed by atoms with Gasteiger partial charge in [-0.2, -0.15) is 4.99 Å². The minimum Gasteiger partial charge on any atom is -0.378 e. The Hall–Kier alpha value is -1.54. The number of carbonyl (C=O) groups is 1. The van der Waals surface area contributed by atoms with E-state index in [2.05, 4.69) is 4.99 Å². The smallest absolute Gasteiger partial charge is 0.247 e. The molecular formula is C16H21N3O3S2. The van der Waals surface area contributed by atoms with Crippen LogP contribution in [0.25, 0.3) is 0 Å². The van der Waals surface area contributed by atoms with Gasteiger partial charge in [0.25, 0.3) is 0 Å². The zero-order chi connectivity index (χ0) is 17.5. The lowest BCUT2D eigenvalue weighted by atomic mass is 10.2. The lowest BCUT2D eigenvalue weighted by molar-refractivity contribution is -0.117. The lowest BCUT2D eigenvalue weighted by Gasteiger charge is -2.25. The normalized spacial score (nSPS) is 26.6. The summed E-state index contributed by atoms with van der Waals surface area (Å²) in [6, 6.07) is 7.71. The minimum absolute atomic E-state index is 0.0630. The van der Waals surface area contributed by atoms with E-state index in [1.54, 1.807) is 6.92 Å². The molecule has 1 amide bonds. The highest BCUT2D eigenvalue weighted by atomic mass is 32.2. The quantitative estimate of drug-likeness (QED) is 0.811. The van der Waals surface area contributed by atoms with Gasteiger partial charge in [0.15, 0.2) is 15.0 Å². The highest BCUT2D eigenvalue weighted by Crippen LogP contribution is 2.41. The molecule has 0 saturated carbocycles. The van der Waals surface area contributed by atoms with Crippen LogP contribution in [0.15, 0.2) is 29.3 Å². The van der Waals surface area contributed by atoms with Gasteiger partial charge >= 0.3 is 0 Å². The largest absolute Gasteiger partial charge is 0.378 e. The Morgan fingerprint density at radius 2 is 1.96 bits per heavy atom. The van der Waals surface area contributed by atoms with E-state index in [1.807, 2.05) is 48.2 Å². The Kier molecular flexibility index (Phi) is 4.61. The van der Waals surface area contributed by atoms with Crippen LogP contribution in [0.5, 0.6) is 0 Å². The molecule has 1 aromatic carbocycles. The second kappa shape index (κ2) is 6.40. The molecule has 8 heteroatoms. The SMILES string of the molecule is CCC(=O)N=C1S[C@H]2CS(=O)(=O)C[C@@H]2N1c1ccc(N(C)C)cc1. The maximum Gasteiger partial charge on any atom is 0.247 e. The van der Waals surface area contributed by atoms with Crippen LogP contribution in [0.1, 0.15) is 13.3 Å². The van der Waals surface area contributed by atoms with E-state index < -0.39 is 9.84 Å². The number of aliphatic imine (C=N–C) groups is 1. The van der Waals surface area contributed by atoms with Crippen molar-refractivity contribution < 1.29 is 13.2 Å². The van der Waals surface area contributed by atoms with Crippen LogP contribution >= 0.6 is 11.8 Å². The molecule has 24 heavy (non-hydrogen) atoms. The first-order chi connectivity index (χ1) is 11.3. The standard InChI is InChI=1S/C16H21N3O3S2/c1-4-15(20)17-16-19(12-7-5-11(6-8-12)18(2)3)13-9-24(21,22)10-14(13)23-16/h5-8,13-14H,4,9-10H2,1-3H3/t13-,14-/m0/s1. The average molecular weight is 367 g/mol. The van der Waals surface area contributed by atoms with Gasteiger partial charge in [-0.05, 0) is 24.3 Å². The minimum atomic E-state index is -3.04. The van der Waals surface area contributed by atoms with Gasteiger partial charge in [-0.3, -0.25) is 4.79 Å². The molecule has 0 radical (unpaired) electrons. The van der Waals surface area contributed by atoms with Crippen LogP contribution in [-0.2, 0) is 14.6 Å². The number of hydrogen-bond acceptors (Lipinski definition) is 5. The highest BCUT2D eigenvalue weighted by molar-refractivity contribution is 8.16. The summed E-state index contributed by atoms with van der Waals surface area (Å²) in [4.78, 5) is 19.9. The number of amides is 1. The predicted molar refractivity (Wildman–Crippen MR) is 99.8 cm³/mol. The van der Waals surface area contributed by atoms with Crippen LogP contribution < -0.4 is 9.80 Å². The Morgan fingerprint density at radius 3 is 2.54 bits per heavy atom. The summed E-state index contributed by atoms with van der Waals surface area (Å²) in [6.07, 6.45) is 0.338. The molecule has 2 atom stereocenters. The van der Waals surface area contributed by atoms with Crippen molar-refractivity contribution >= 4 is 44.0 Å². The number of thioether (sulfide) groups is 1. The first kappa shape index (κ1) is 17.3. The van der Waals surface area contributed by atoms with E-state index in [9.17, 15) is 13.2 Å². The number of anilines is 2. The van der Waals surface area contributed by atoms with Crippen molar-refractivity contribution in [3.8, 4) is 0 Å². The van der Waals surface area contributed by atoms with E-state index in [0.29, 0.717) is 11.6 Å². The van der Waals surface area contributed by atoms with E-state index >= 15 is 0 Å². The van der Waals surface area contributed by atoms with E-state index in [1.165, 1.54) is 11.8 Å². The van der Waals surface area contributed by atoms with Crippen molar-refractivity contribution in [3.63, 3.8) is 0 Å². The summed E-state index contributed by atoms with van der Waals surface area (Å²) in [5, 5.41) is 0.552. The van der Waals surface area contributed by atoms with Gasteiger partial charge in [-0.25, -0.2) is 8.42 Å². The molecule has 0 aromatic heterocycles. The lowest BCUT2D eigenvalue weighted by Crippen LogP contribution is -2.37. The van der Waals surface area contributed by atoms with Crippen molar-refractivity contribution in [1.82, 2.24) is 0 Å². The Balaban J connectivity index is 1.98. The van der Waals surface area contributed by atoms with Gasteiger partial charge in [0.1, 0.15) is 0 Å². The third-order valence-corrected chi connectivity index (χ3v) is 7.44. The first-order valence-corrected chi connectivity index (χ1v) is 10.6. The van der Waals surface area contributed by atoms with Crippen molar-refractivity contribution in [3.05, 3.63) is 24.3 Å². The molecule has 0 N–H and O–H groups in total. The molecule has 0 aliphatic carbocycles.